The molecule has 0 atom stereocenters. The number of esters is 2. The zero-order valence-electron chi connectivity index (χ0n) is 12.3. The van der Waals surface area contributed by atoms with Crippen molar-refractivity contribution < 1.29 is 19.1 Å². The van der Waals surface area contributed by atoms with Gasteiger partial charge in [0.1, 0.15) is 5.60 Å². The van der Waals surface area contributed by atoms with Gasteiger partial charge >= 0.3 is 11.9 Å². The van der Waals surface area contributed by atoms with E-state index >= 15 is 0 Å². The maximum atomic E-state index is 11.5. The molecule has 0 heterocycles. The lowest BCUT2D eigenvalue weighted by Crippen LogP contribution is -2.33. The molecule has 0 aromatic heterocycles. The van der Waals surface area contributed by atoms with Crippen molar-refractivity contribution in [2.75, 3.05) is 27.2 Å². The van der Waals surface area contributed by atoms with E-state index in [1.165, 1.54) is 0 Å². The third-order valence-corrected chi connectivity index (χ3v) is 2.09. The number of hydrogen-bond donors (Lipinski definition) is 0. The lowest BCUT2D eigenvalue weighted by Gasteiger charge is -2.26. The van der Waals surface area contributed by atoms with Gasteiger partial charge in [-0.15, -0.1) is 0 Å². The van der Waals surface area contributed by atoms with E-state index in [-0.39, 0.29) is 13.2 Å². The van der Waals surface area contributed by atoms with Crippen molar-refractivity contribution in [3.8, 4) is 0 Å². The number of hydrogen-bond acceptors (Lipinski definition) is 5. The average molecular weight is 259 g/mol. The van der Waals surface area contributed by atoms with Crippen LogP contribution in [0.4, 0.5) is 0 Å². The SMILES string of the molecule is CC(C)CC(C)(C)OC(=O)COC(=O)CN(C)C. The summed E-state index contributed by atoms with van der Waals surface area (Å²) in [5.41, 5.74) is -0.529. The summed E-state index contributed by atoms with van der Waals surface area (Å²) in [5, 5.41) is 0. The van der Waals surface area contributed by atoms with E-state index < -0.39 is 17.5 Å². The highest BCUT2D eigenvalue weighted by molar-refractivity contribution is 5.77. The van der Waals surface area contributed by atoms with Crippen LogP contribution in [-0.2, 0) is 19.1 Å². The molecule has 0 amide bonds. The van der Waals surface area contributed by atoms with Gasteiger partial charge in [0.15, 0.2) is 6.61 Å². The smallest absolute Gasteiger partial charge is 0.344 e. The minimum Gasteiger partial charge on any atom is -0.457 e. The minimum absolute atomic E-state index is 0.155. The molecule has 0 fully saturated rings. The molecule has 0 aliphatic carbocycles. The van der Waals surface area contributed by atoms with Crippen LogP contribution >= 0.6 is 0 Å². The predicted molar refractivity (Wildman–Crippen MR) is 69.1 cm³/mol. The second-order valence-electron chi connectivity index (χ2n) is 5.73. The lowest BCUT2D eigenvalue weighted by atomic mass is 9.96. The van der Waals surface area contributed by atoms with Gasteiger partial charge in [0.05, 0.1) is 6.54 Å². The number of rotatable bonds is 7. The highest BCUT2D eigenvalue weighted by Gasteiger charge is 2.24. The van der Waals surface area contributed by atoms with Crippen LogP contribution in [-0.4, -0.2) is 49.7 Å². The zero-order chi connectivity index (χ0) is 14.3. The van der Waals surface area contributed by atoms with Gasteiger partial charge in [-0.25, -0.2) is 4.79 Å². The van der Waals surface area contributed by atoms with Crippen LogP contribution in [0.15, 0.2) is 0 Å². The average Bonchev–Trinajstić information content (AvgIpc) is 2.10. The van der Waals surface area contributed by atoms with Crippen LogP contribution in [0.5, 0.6) is 0 Å². The molecule has 0 saturated carbocycles. The van der Waals surface area contributed by atoms with Crippen molar-refractivity contribution in [3.05, 3.63) is 0 Å². The standard InChI is InChI=1S/C13H25NO4/c1-10(2)7-13(3,4)18-12(16)9-17-11(15)8-14(5)6/h10H,7-9H2,1-6H3. The molecule has 0 aliphatic rings. The molecule has 0 aromatic rings. The van der Waals surface area contributed by atoms with E-state index in [1.54, 1.807) is 19.0 Å². The van der Waals surface area contributed by atoms with Gasteiger partial charge in [0.2, 0.25) is 0 Å². The van der Waals surface area contributed by atoms with Gasteiger partial charge in [0.25, 0.3) is 0 Å². The summed E-state index contributed by atoms with van der Waals surface area (Å²) in [7, 11) is 3.51. The molecular weight excluding hydrogens is 234 g/mol. The van der Waals surface area contributed by atoms with Gasteiger partial charge in [-0.1, -0.05) is 13.8 Å². The maximum absolute atomic E-state index is 11.5. The summed E-state index contributed by atoms with van der Waals surface area (Å²) in [6, 6.07) is 0. The van der Waals surface area contributed by atoms with Crippen molar-refractivity contribution in [3.63, 3.8) is 0 Å². The van der Waals surface area contributed by atoms with E-state index in [0.29, 0.717) is 5.92 Å². The summed E-state index contributed by atoms with van der Waals surface area (Å²) in [5.74, 6) is -0.504. The second-order valence-corrected chi connectivity index (χ2v) is 5.73. The summed E-state index contributed by atoms with van der Waals surface area (Å²) in [6.07, 6.45) is 0.768. The Morgan fingerprint density at radius 2 is 1.72 bits per heavy atom. The van der Waals surface area contributed by atoms with Crippen molar-refractivity contribution >= 4 is 11.9 Å². The normalized spacial score (nSPS) is 11.8. The van der Waals surface area contributed by atoms with E-state index in [9.17, 15) is 9.59 Å². The summed E-state index contributed by atoms with van der Waals surface area (Å²) < 4.78 is 10.1. The Bertz CT molecular complexity index is 285. The first-order valence-electron chi connectivity index (χ1n) is 6.14. The summed E-state index contributed by atoms with van der Waals surface area (Å²) in [6.45, 7) is 7.66. The molecule has 5 nitrogen and oxygen atoms in total. The molecule has 0 radical (unpaired) electrons. The molecule has 5 heteroatoms. The first kappa shape index (κ1) is 16.9. The monoisotopic (exact) mass is 259 g/mol. The van der Waals surface area contributed by atoms with Crippen LogP contribution in [0, 0.1) is 5.92 Å². The fraction of sp³-hybridized carbons (Fsp3) is 0.846. The van der Waals surface area contributed by atoms with E-state index in [4.69, 9.17) is 9.47 Å². The van der Waals surface area contributed by atoms with Gasteiger partial charge in [-0.3, -0.25) is 9.69 Å². The zero-order valence-corrected chi connectivity index (χ0v) is 12.3. The van der Waals surface area contributed by atoms with Crippen molar-refractivity contribution in [1.82, 2.24) is 4.90 Å². The molecule has 0 spiro atoms. The molecule has 0 aromatic carbocycles. The van der Waals surface area contributed by atoms with Crippen molar-refractivity contribution in [1.29, 1.82) is 0 Å². The Balaban J connectivity index is 4.01. The predicted octanol–water partition coefficient (Wildman–Crippen LogP) is 1.46. The third-order valence-electron chi connectivity index (χ3n) is 2.09. The molecule has 0 saturated heterocycles. The number of carbonyl (C=O) groups excluding carboxylic acids is 2. The second kappa shape index (κ2) is 7.36. The number of nitrogens with zero attached hydrogens (tertiary/aromatic N) is 1. The molecular formula is C13H25NO4. The number of likely N-dealkylation sites (N-methyl/N-ethyl adjacent to an activating group) is 1. The first-order chi connectivity index (χ1) is 8.12. The Labute approximate surface area is 109 Å². The Kier molecular flexibility index (Phi) is 6.91. The minimum atomic E-state index is -0.529. The quantitative estimate of drug-likeness (QED) is 0.648. The Hall–Kier alpha value is -1.10. The van der Waals surface area contributed by atoms with Crippen molar-refractivity contribution in [2.45, 2.75) is 39.7 Å². The van der Waals surface area contributed by atoms with Crippen LogP contribution in [0.2, 0.25) is 0 Å². The van der Waals surface area contributed by atoms with E-state index in [0.717, 1.165) is 6.42 Å². The molecule has 106 valence electrons. The van der Waals surface area contributed by atoms with E-state index in [2.05, 4.69) is 13.8 Å². The largest absolute Gasteiger partial charge is 0.457 e. The Morgan fingerprint density at radius 1 is 1.17 bits per heavy atom. The molecule has 18 heavy (non-hydrogen) atoms. The van der Waals surface area contributed by atoms with Gasteiger partial charge in [0, 0.05) is 0 Å². The van der Waals surface area contributed by atoms with Crippen LogP contribution in [0.1, 0.15) is 34.1 Å². The lowest BCUT2D eigenvalue weighted by molar-refractivity contribution is -0.168. The molecule has 0 bridgehead atoms. The Morgan fingerprint density at radius 3 is 2.17 bits per heavy atom. The summed E-state index contributed by atoms with van der Waals surface area (Å²) in [4.78, 5) is 24.4. The number of ether oxygens (including phenoxy) is 2. The molecule has 0 N–H and O–H groups in total. The van der Waals surface area contributed by atoms with Gasteiger partial charge in [-0.05, 0) is 40.3 Å². The van der Waals surface area contributed by atoms with Crippen LogP contribution < -0.4 is 0 Å². The van der Waals surface area contributed by atoms with Gasteiger partial charge < -0.3 is 9.47 Å². The summed E-state index contributed by atoms with van der Waals surface area (Å²) >= 11 is 0. The maximum Gasteiger partial charge on any atom is 0.344 e. The highest BCUT2D eigenvalue weighted by atomic mass is 16.6. The van der Waals surface area contributed by atoms with E-state index in [1.807, 2.05) is 13.8 Å². The topological polar surface area (TPSA) is 55.8 Å². The molecule has 0 aliphatic heterocycles. The van der Waals surface area contributed by atoms with Crippen LogP contribution in [0.3, 0.4) is 0 Å². The van der Waals surface area contributed by atoms with Crippen LogP contribution in [0.25, 0.3) is 0 Å². The molecule has 0 unspecified atom stereocenters. The fourth-order valence-corrected chi connectivity index (χ4v) is 1.81. The van der Waals surface area contributed by atoms with Crippen molar-refractivity contribution in [2.24, 2.45) is 5.92 Å². The highest BCUT2D eigenvalue weighted by Crippen LogP contribution is 2.20. The van der Waals surface area contributed by atoms with Gasteiger partial charge in [-0.2, -0.15) is 0 Å². The fourth-order valence-electron chi connectivity index (χ4n) is 1.81. The first-order valence-corrected chi connectivity index (χ1v) is 6.14. The third kappa shape index (κ3) is 8.98. The number of carbonyl (C=O) groups is 2. The molecule has 0 rings (SSSR count).